The number of aryl methyl sites for hydroxylation is 1. The molecule has 4 heterocycles. The van der Waals surface area contributed by atoms with E-state index in [1.54, 1.807) is 32.4 Å². The Balaban J connectivity index is 1.53. The number of nitrogens with zero attached hydrogens (tertiary/aromatic N) is 4. The monoisotopic (exact) mass is 577 g/mol. The molecule has 0 radical (unpaired) electrons. The second-order valence-electron chi connectivity index (χ2n) is 9.00. The molecule has 0 bridgehead atoms. The van der Waals surface area contributed by atoms with Gasteiger partial charge in [0, 0.05) is 36.5 Å². The predicted octanol–water partition coefficient (Wildman–Crippen LogP) is 4.34. The molecule has 0 aliphatic carbocycles. The van der Waals surface area contributed by atoms with Crippen molar-refractivity contribution in [3.05, 3.63) is 32.3 Å². The average molecular weight is 578 g/mol. The molecule has 1 N–H and O–H groups in total. The van der Waals surface area contributed by atoms with Crippen LogP contribution in [0.4, 0.5) is 5.00 Å². The number of aromatic nitrogens is 3. The lowest BCUT2D eigenvalue weighted by molar-refractivity contribution is -0.113. The van der Waals surface area contributed by atoms with Crippen LogP contribution in [0.15, 0.2) is 16.6 Å². The number of carbonyl (C=O) groups excluding carboxylic acids is 3. The molecule has 4 rings (SSSR count). The van der Waals surface area contributed by atoms with Crippen molar-refractivity contribution < 1.29 is 23.9 Å². The van der Waals surface area contributed by atoms with Gasteiger partial charge >= 0.3 is 5.97 Å². The first-order valence-electron chi connectivity index (χ1n) is 12.2. The average Bonchev–Trinajstić information content (AvgIpc) is 3.70. The Morgan fingerprint density at radius 3 is 2.74 bits per heavy atom. The summed E-state index contributed by atoms with van der Waals surface area (Å²) < 4.78 is 12.8. The molecule has 1 unspecified atom stereocenters. The van der Waals surface area contributed by atoms with Gasteiger partial charge in [0.15, 0.2) is 11.0 Å². The van der Waals surface area contributed by atoms with Crippen LogP contribution < -0.4 is 5.32 Å². The molecule has 3 aromatic heterocycles. The highest BCUT2D eigenvalue weighted by molar-refractivity contribution is 7.99. The standard InChI is InChI=1S/C25H31N5O5S3/c1-6-17-10-15(12-36-17)21-27-28-25(30(21)11-16-8-7-9-35-16)37-13-18(31)26-22-19(24(33)34-5)14(2)20(38-22)23(32)29(3)4/h10,12,16H,6-9,11,13H2,1-5H3,(H,26,31). The molecular weight excluding hydrogens is 547 g/mol. The Labute approximate surface area is 233 Å². The summed E-state index contributed by atoms with van der Waals surface area (Å²) in [5.74, 6) is -0.387. The lowest BCUT2D eigenvalue weighted by Crippen LogP contribution is -2.21. The highest BCUT2D eigenvalue weighted by atomic mass is 32.2. The van der Waals surface area contributed by atoms with E-state index in [0.717, 1.165) is 48.6 Å². The smallest absolute Gasteiger partial charge is 0.341 e. The largest absolute Gasteiger partial charge is 0.465 e. The number of ether oxygens (including phenoxy) is 2. The Morgan fingerprint density at radius 2 is 2.11 bits per heavy atom. The lowest BCUT2D eigenvalue weighted by Gasteiger charge is -2.14. The first-order valence-corrected chi connectivity index (χ1v) is 14.9. The van der Waals surface area contributed by atoms with E-state index in [-0.39, 0.29) is 34.2 Å². The molecule has 2 amide bonds. The second kappa shape index (κ2) is 12.4. The van der Waals surface area contributed by atoms with Gasteiger partial charge in [0.05, 0.1) is 36.0 Å². The van der Waals surface area contributed by atoms with Crippen molar-refractivity contribution in [2.24, 2.45) is 0 Å². The molecular formula is C25H31N5O5S3. The van der Waals surface area contributed by atoms with Crippen LogP contribution in [0.1, 0.15) is 50.2 Å². The van der Waals surface area contributed by atoms with Gasteiger partial charge in [0.1, 0.15) is 5.00 Å². The number of thioether (sulfide) groups is 1. The van der Waals surface area contributed by atoms with Crippen LogP contribution in [0.2, 0.25) is 0 Å². The maximum atomic E-state index is 13.0. The number of esters is 1. The number of amides is 2. The quantitative estimate of drug-likeness (QED) is 0.280. The zero-order valence-electron chi connectivity index (χ0n) is 22.0. The van der Waals surface area contributed by atoms with Crippen molar-refractivity contribution >= 4 is 57.2 Å². The van der Waals surface area contributed by atoms with Crippen LogP contribution in [0.25, 0.3) is 11.4 Å². The fourth-order valence-corrected chi connectivity index (χ4v) is 6.89. The lowest BCUT2D eigenvalue weighted by atomic mass is 10.1. The van der Waals surface area contributed by atoms with E-state index in [0.29, 0.717) is 22.1 Å². The second-order valence-corrected chi connectivity index (χ2v) is 12.0. The van der Waals surface area contributed by atoms with Gasteiger partial charge < -0.3 is 19.7 Å². The van der Waals surface area contributed by atoms with E-state index < -0.39 is 5.97 Å². The summed E-state index contributed by atoms with van der Waals surface area (Å²) in [7, 11) is 4.53. The number of thiophene rings is 2. The summed E-state index contributed by atoms with van der Waals surface area (Å²) in [4.78, 5) is 41.1. The Morgan fingerprint density at radius 1 is 1.32 bits per heavy atom. The van der Waals surface area contributed by atoms with Gasteiger partial charge in [0.25, 0.3) is 5.91 Å². The number of hydrogen-bond donors (Lipinski definition) is 1. The van der Waals surface area contributed by atoms with Crippen molar-refractivity contribution in [2.75, 3.05) is 38.9 Å². The fourth-order valence-electron chi connectivity index (χ4n) is 4.10. The van der Waals surface area contributed by atoms with E-state index in [4.69, 9.17) is 9.47 Å². The molecule has 0 spiro atoms. The van der Waals surface area contributed by atoms with Gasteiger partial charge in [-0.2, -0.15) is 0 Å². The van der Waals surface area contributed by atoms with Crippen LogP contribution >= 0.6 is 34.4 Å². The number of carbonyl (C=O) groups is 3. The summed E-state index contributed by atoms with van der Waals surface area (Å²) >= 11 is 4.02. The third-order valence-corrected chi connectivity index (χ3v) is 9.35. The van der Waals surface area contributed by atoms with Crippen LogP contribution in [-0.4, -0.2) is 77.1 Å². The van der Waals surface area contributed by atoms with Gasteiger partial charge in [-0.15, -0.1) is 32.9 Å². The van der Waals surface area contributed by atoms with E-state index in [1.807, 2.05) is 4.57 Å². The summed E-state index contributed by atoms with van der Waals surface area (Å²) in [5.41, 5.74) is 1.67. The van der Waals surface area contributed by atoms with Crippen molar-refractivity contribution in [3.63, 3.8) is 0 Å². The molecule has 1 atom stereocenters. The molecule has 0 aromatic carbocycles. The minimum absolute atomic E-state index is 0.0437. The van der Waals surface area contributed by atoms with Gasteiger partial charge in [-0.05, 0) is 37.8 Å². The number of methoxy groups -OCH3 is 1. The molecule has 10 nitrogen and oxygen atoms in total. The molecule has 204 valence electrons. The molecule has 1 saturated heterocycles. The normalized spacial score (nSPS) is 15.0. The van der Waals surface area contributed by atoms with Crippen molar-refractivity contribution in [1.82, 2.24) is 19.7 Å². The maximum absolute atomic E-state index is 13.0. The van der Waals surface area contributed by atoms with Crippen LogP contribution in [-0.2, 0) is 27.2 Å². The van der Waals surface area contributed by atoms with Gasteiger partial charge in [-0.1, -0.05) is 18.7 Å². The third kappa shape index (κ3) is 6.11. The van der Waals surface area contributed by atoms with Gasteiger partial charge in [0.2, 0.25) is 5.91 Å². The van der Waals surface area contributed by atoms with Crippen LogP contribution in [0, 0.1) is 6.92 Å². The molecule has 3 aromatic rings. The fraction of sp³-hybridized carbons (Fsp3) is 0.480. The number of hydrogen-bond acceptors (Lipinski definition) is 10. The highest BCUT2D eigenvalue weighted by Gasteiger charge is 2.28. The minimum Gasteiger partial charge on any atom is -0.465 e. The number of anilines is 1. The van der Waals surface area contributed by atoms with Crippen LogP contribution in [0.5, 0.6) is 0 Å². The zero-order valence-corrected chi connectivity index (χ0v) is 24.5. The predicted molar refractivity (Wildman–Crippen MR) is 149 cm³/mol. The topological polar surface area (TPSA) is 116 Å². The first-order chi connectivity index (χ1) is 18.2. The van der Waals surface area contributed by atoms with Gasteiger partial charge in [-0.25, -0.2) is 4.79 Å². The number of nitrogens with one attached hydrogen (secondary N) is 1. The summed E-state index contributed by atoms with van der Waals surface area (Å²) in [6.45, 7) is 5.14. The molecule has 1 aliphatic rings. The maximum Gasteiger partial charge on any atom is 0.341 e. The highest BCUT2D eigenvalue weighted by Crippen LogP contribution is 2.35. The Hall–Kier alpha value is -2.74. The summed E-state index contributed by atoms with van der Waals surface area (Å²) in [6.07, 6.45) is 3.01. The molecule has 0 saturated carbocycles. The molecule has 13 heteroatoms. The van der Waals surface area contributed by atoms with E-state index >= 15 is 0 Å². The van der Waals surface area contributed by atoms with Crippen molar-refractivity contribution in [3.8, 4) is 11.4 Å². The number of rotatable bonds is 10. The summed E-state index contributed by atoms with van der Waals surface area (Å²) in [5, 5.41) is 14.6. The van der Waals surface area contributed by atoms with E-state index in [9.17, 15) is 14.4 Å². The van der Waals surface area contributed by atoms with E-state index in [2.05, 4.69) is 33.9 Å². The summed E-state index contributed by atoms with van der Waals surface area (Å²) in [6, 6.07) is 2.13. The van der Waals surface area contributed by atoms with Crippen molar-refractivity contribution in [1.29, 1.82) is 0 Å². The Bertz CT molecular complexity index is 1320. The SMILES string of the molecule is CCc1cc(-c2nnc(SCC(=O)Nc3sc(C(=O)N(C)C)c(C)c3C(=O)OC)n2CC2CCCO2)cs1. The van der Waals surface area contributed by atoms with Gasteiger partial charge in [-0.3, -0.25) is 14.2 Å². The van der Waals surface area contributed by atoms with Crippen molar-refractivity contribution in [2.45, 2.75) is 50.9 Å². The molecule has 38 heavy (non-hydrogen) atoms. The Kier molecular flexibility index (Phi) is 9.23. The first kappa shape index (κ1) is 28.3. The minimum atomic E-state index is -0.609. The molecule has 1 aliphatic heterocycles. The zero-order chi connectivity index (χ0) is 27.4. The van der Waals surface area contributed by atoms with Crippen LogP contribution in [0.3, 0.4) is 0 Å². The third-order valence-electron chi connectivity index (χ3n) is 6.11. The van der Waals surface area contributed by atoms with E-state index in [1.165, 1.54) is 28.6 Å². The molecule has 1 fully saturated rings.